The Balaban J connectivity index is 2.20. The van der Waals surface area contributed by atoms with Crippen molar-refractivity contribution in [1.29, 1.82) is 0 Å². The molecule has 0 aliphatic heterocycles. The SMILES string of the molecule is N/C(=N\O)c1ccc(Oc2ccc(Br)cc2F)nc1. The number of aromatic nitrogens is 1. The smallest absolute Gasteiger partial charge is 0.219 e. The average Bonchev–Trinajstić information content (AvgIpc) is 2.42. The molecule has 1 heterocycles. The minimum atomic E-state index is -0.503. The third-order valence-electron chi connectivity index (χ3n) is 2.25. The molecular weight excluding hydrogens is 317 g/mol. The molecular formula is C12H9BrFN3O2. The zero-order valence-corrected chi connectivity index (χ0v) is 11.1. The first-order chi connectivity index (χ1) is 9.10. The zero-order chi connectivity index (χ0) is 13.8. The second-order valence-corrected chi connectivity index (χ2v) is 4.46. The van der Waals surface area contributed by atoms with E-state index in [1.54, 1.807) is 12.1 Å². The monoisotopic (exact) mass is 325 g/mol. The van der Waals surface area contributed by atoms with Crippen molar-refractivity contribution in [3.63, 3.8) is 0 Å². The molecule has 0 fully saturated rings. The maximum absolute atomic E-state index is 13.5. The summed E-state index contributed by atoms with van der Waals surface area (Å²) in [6.07, 6.45) is 1.36. The van der Waals surface area contributed by atoms with Gasteiger partial charge in [-0.1, -0.05) is 21.1 Å². The normalized spacial score (nSPS) is 11.4. The van der Waals surface area contributed by atoms with Gasteiger partial charge in [-0.05, 0) is 24.3 Å². The summed E-state index contributed by atoms with van der Waals surface area (Å²) in [5.41, 5.74) is 5.83. The standard InChI is InChI=1S/C12H9BrFN3O2/c13-8-2-3-10(9(14)5-8)19-11-4-1-7(6-16-11)12(15)17-18/h1-6,18H,(H2,15,17). The summed E-state index contributed by atoms with van der Waals surface area (Å²) in [5, 5.41) is 11.3. The van der Waals surface area contributed by atoms with Gasteiger partial charge in [-0.25, -0.2) is 9.37 Å². The Labute approximate surface area is 116 Å². The van der Waals surface area contributed by atoms with Crippen LogP contribution in [0.5, 0.6) is 11.6 Å². The molecule has 7 heteroatoms. The van der Waals surface area contributed by atoms with E-state index in [0.29, 0.717) is 10.0 Å². The number of hydrogen-bond donors (Lipinski definition) is 2. The number of ether oxygens (including phenoxy) is 1. The lowest BCUT2D eigenvalue weighted by Crippen LogP contribution is -2.13. The van der Waals surface area contributed by atoms with E-state index in [0.717, 1.165) is 0 Å². The van der Waals surface area contributed by atoms with Crippen molar-refractivity contribution in [2.45, 2.75) is 0 Å². The summed E-state index contributed by atoms with van der Waals surface area (Å²) in [4.78, 5) is 3.93. The Morgan fingerprint density at radius 1 is 1.37 bits per heavy atom. The number of nitrogens with two attached hydrogens (primary N) is 1. The quantitative estimate of drug-likeness (QED) is 0.393. The summed E-state index contributed by atoms with van der Waals surface area (Å²) in [5.74, 6) is -0.298. The van der Waals surface area contributed by atoms with Gasteiger partial charge >= 0.3 is 0 Å². The van der Waals surface area contributed by atoms with Gasteiger partial charge in [0.05, 0.1) is 0 Å². The maximum Gasteiger partial charge on any atom is 0.219 e. The first kappa shape index (κ1) is 13.3. The van der Waals surface area contributed by atoms with Gasteiger partial charge in [-0.15, -0.1) is 0 Å². The van der Waals surface area contributed by atoms with Crippen molar-refractivity contribution in [2.24, 2.45) is 10.9 Å². The fraction of sp³-hybridized carbons (Fsp3) is 0. The van der Waals surface area contributed by atoms with Crippen molar-refractivity contribution >= 4 is 21.8 Å². The lowest BCUT2D eigenvalue weighted by molar-refractivity contribution is 0.318. The first-order valence-corrected chi connectivity index (χ1v) is 5.96. The molecule has 0 unspecified atom stereocenters. The molecule has 5 nitrogen and oxygen atoms in total. The van der Waals surface area contributed by atoms with E-state index in [9.17, 15) is 4.39 Å². The number of hydrogen-bond acceptors (Lipinski definition) is 4. The van der Waals surface area contributed by atoms with E-state index in [-0.39, 0.29) is 17.5 Å². The van der Waals surface area contributed by atoms with Crippen LogP contribution in [0.15, 0.2) is 46.2 Å². The van der Waals surface area contributed by atoms with Gasteiger partial charge in [0.1, 0.15) is 0 Å². The van der Waals surface area contributed by atoms with Crippen LogP contribution in [0, 0.1) is 5.82 Å². The lowest BCUT2D eigenvalue weighted by Gasteiger charge is -2.06. The molecule has 0 spiro atoms. The number of rotatable bonds is 3. The van der Waals surface area contributed by atoms with Crippen LogP contribution < -0.4 is 10.5 Å². The summed E-state index contributed by atoms with van der Waals surface area (Å²) in [7, 11) is 0. The minimum absolute atomic E-state index is 0.0612. The summed E-state index contributed by atoms with van der Waals surface area (Å²) in [6.45, 7) is 0. The third-order valence-corrected chi connectivity index (χ3v) is 2.74. The summed E-state index contributed by atoms with van der Waals surface area (Å²) < 4.78 is 19.4. The highest BCUT2D eigenvalue weighted by molar-refractivity contribution is 9.10. The van der Waals surface area contributed by atoms with Crippen molar-refractivity contribution in [2.75, 3.05) is 0 Å². The van der Waals surface area contributed by atoms with E-state index in [2.05, 4.69) is 26.1 Å². The maximum atomic E-state index is 13.5. The Morgan fingerprint density at radius 2 is 2.16 bits per heavy atom. The number of oxime groups is 1. The molecule has 0 aliphatic carbocycles. The van der Waals surface area contributed by atoms with Crippen LogP contribution in [0.1, 0.15) is 5.56 Å². The van der Waals surface area contributed by atoms with Gasteiger partial charge in [0.25, 0.3) is 0 Å². The summed E-state index contributed by atoms with van der Waals surface area (Å²) >= 11 is 3.15. The number of halogens is 2. The van der Waals surface area contributed by atoms with E-state index in [1.807, 2.05) is 0 Å². The van der Waals surface area contributed by atoms with E-state index < -0.39 is 5.82 Å². The van der Waals surface area contributed by atoms with Crippen LogP contribution in [-0.4, -0.2) is 16.0 Å². The molecule has 1 aromatic carbocycles. The molecule has 2 rings (SSSR count). The molecule has 19 heavy (non-hydrogen) atoms. The second-order valence-electron chi connectivity index (χ2n) is 3.55. The predicted octanol–water partition coefficient (Wildman–Crippen LogP) is 2.87. The zero-order valence-electron chi connectivity index (χ0n) is 9.55. The van der Waals surface area contributed by atoms with Gasteiger partial charge in [0.2, 0.25) is 5.88 Å². The topological polar surface area (TPSA) is 80.7 Å². The first-order valence-electron chi connectivity index (χ1n) is 5.17. The molecule has 3 N–H and O–H groups in total. The number of benzene rings is 1. The van der Waals surface area contributed by atoms with Gasteiger partial charge in [0, 0.05) is 22.3 Å². The van der Waals surface area contributed by atoms with Gasteiger partial charge in [-0.3, -0.25) is 0 Å². The largest absolute Gasteiger partial charge is 0.436 e. The van der Waals surface area contributed by atoms with E-state index >= 15 is 0 Å². The molecule has 0 bridgehead atoms. The summed E-state index contributed by atoms with van der Waals surface area (Å²) in [6, 6.07) is 7.48. The van der Waals surface area contributed by atoms with Crippen molar-refractivity contribution in [3.8, 4) is 11.6 Å². The molecule has 98 valence electrons. The Morgan fingerprint density at radius 3 is 2.74 bits per heavy atom. The number of amidine groups is 1. The van der Waals surface area contributed by atoms with Crippen LogP contribution >= 0.6 is 15.9 Å². The highest BCUT2D eigenvalue weighted by Crippen LogP contribution is 2.25. The molecule has 0 radical (unpaired) electrons. The second kappa shape index (κ2) is 5.66. The Kier molecular flexibility index (Phi) is 3.96. The predicted molar refractivity (Wildman–Crippen MR) is 70.9 cm³/mol. The molecule has 2 aromatic rings. The van der Waals surface area contributed by atoms with Crippen molar-refractivity contribution in [3.05, 3.63) is 52.4 Å². The molecule has 1 aromatic heterocycles. The van der Waals surface area contributed by atoms with Crippen LogP contribution in [0.4, 0.5) is 4.39 Å². The number of nitrogens with zero attached hydrogens (tertiary/aromatic N) is 2. The van der Waals surface area contributed by atoms with Gasteiger partial charge < -0.3 is 15.7 Å². The molecule has 0 saturated carbocycles. The highest BCUT2D eigenvalue weighted by atomic mass is 79.9. The highest BCUT2D eigenvalue weighted by Gasteiger charge is 2.07. The van der Waals surface area contributed by atoms with Crippen LogP contribution in [-0.2, 0) is 0 Å². The van der Waals surface area contributed by atoms with Crippen molar-refractivity contribution in [1.82, 2.24) is 4.98 Å². The molecule has 0 saturated heterocycles. The van der Waals surface area contributed by atoms with Gasteiger partial charge in [-0.2, -0.15) is 0 Å². The van der Waals surface area contributed by atoms with Crippen LogP contribution in [0.25, 0.3) is 0 Å². The molecule has 0 aliphatic rings. The molecule has 0 atom stereocenters. The fourth-order valence-electron chi connectivity index (χ4n) is 1.32. The van der Waals surface area contributed by atoms with Crippen molar-refractivity contribution < 1.29 is 14.3 Å². The van der Waals surface area contributed by atoms with Gasteiger partial charge in [0.15, 0.2) is 17.4 Å². The third kappa shape index (κ3) is 3.19. The van der Waals surface area contributed by atoms with E-state index in [1.165, 1.54) is 24.4 Å². The van der Waals surface area contributed by atoms with E-state index in [4.69, 9.17) is 15.7 Å². The lowest BCUT2D eigenvalue weighted by atomic mass is 10.3. The fourth-order valence-corrected chi connectivity index (χ4v) is 1.65. The van der Waals surface area contributed by atoms with Crippen LogP contribution in [0.3, 0.4) is 0 Å². The molecule has 0 amide bonds. The average molecular weight is 326 g/mol. The Hall–Kier alpha value is -2.15. The minimum Gasteiger partial charge on any atom is -0.436 e. The number of pyridine rings is 1. The Bertz CT molecular complexity index is 617. The van der Waals surface area contributed by atoms with Crippen LogP contribution in [0.2, 0.25) is 0 Å².